The summed E-state index contributed by atoms with van der Waals surface area (Å²) in [6.45, 7) is 4.65. The van der Waals surface area contributed by atoms with Gasteiger partial charge in [0.05, 0.1) is 9.95 Å². The van der Waals surface area contributed by atoms with Crippen LogP contribution in [0.5, 0.6) is 0 Å². The predicted octanol–water partition coefficient (Wildman–Crippen LogP) is 2.77. The van der Waals surface area contributed by atoms with Crippen LogP contribution in [-0.2, 0) is 0 Å². The minimum absolute atomic E-state index is 0.170. The van der Waals surface area contributed by atoms with E-state index in [9.17, 15) is 14.9 Å². The van der Waals surface area contributed by atoms with Crippen molar-refractivity contribution in [3.63, 3.8) is 0 Å². The van der Waals surface area contributed by atoms with Crippen LogP contribution in [0.25, 0.3) is 0 Å². The van der Waals surface area contributed by atoms with Crippen LogP contribution in [0.1, 0.15) is 24.2 Å². The van der Waals surface area contributed by atoms with E-state index in [4.69, 9.17) is 11.6 Å². The molecule has 7 heteroatoms. The van der Waals surface area contributed by atoms with Crippen LogP contribution in [-0.4, -0.2) is 35.9 Å². The van der Waals surface area contributed by atoms with Gasteiger partial charge in [0, 0.05) is 31.8 Å². The van der Waals surface area contributed by atoms with E-state index in [1.807, 2.05) is 13.8 Å². The Labute approximate surface area is 116 Å². The summed E-state index contributed by atoms with van der Waals surface area (Å²) in [7, 11) is 1.63. The van der Waals surface area contributed by atoms with Crippen LogP contribution in [0, 0.1) is 10.1 Å². The number of nitro groups is 1. The zero-order valence-corrected chi connectivity index (χ0v) is 11.8. The molecule has 0 atom stereocenters. The summed E-state index contributed by atoms with van der Waals surface area (Å²) >= 11 is 6.01. The molecule has 0 unspecified atom stereocenters. The van der Waals surface area contributed by atoms with Gasteiger partial charge in [0.1, 0.15) is 5.69 Å². The zero-order chi connectivity index (χ0) is 14.6. The lowest BCUT2D eigenvalue weighted by atomic mass is 10.1. The number of nitro benzene ring substituents is 1. The first-order chi connectivity index (χ1) is 8.92. The maximum atomic E-state index is 12.0. The summed E-state index contributed by atoms with van der Waals surface area (Å²) in [5.74, 6) is -0.296. The van der Waals surface area contributed by atoms with E-state index in [0.29, 0.717) is 13.1 Å². The van der Waals surface area contributed by atoms with Gasteiger partial charge in [0.25, 0.3) is 11.6 Å². The van der Waals surface area contributed by atoms with Crippen molar-refractivity contribution >= 4 is 28.9 Å². The van der Waals surface area contributed by atoms with E-state index in [1.54, 1.807) is 7.05 Å². The number of rotatable bonds is 5. The number of nitrogens with zero attached hydrogens (tertiary/aromatic N) is 2. The van der Waals surface area contributed by atoms with E-state index in [1.165, 1.54) is 17.0 Å². The van der Waals surface area contributed by atoms with Gasteiger partial charge in [-0.25, -0.2) is 0 Å². The lowest BCUT2D eigenvalue weighted by Gasteiger charge is -2.15. The van der Waals surface area contributed by atoms with Crippen LogP contribution >= 0.6 is 11.6 Å². The number of halogens is 1. The summed E-state index contributed by atoms with van der Waals surface area (Å²) in [6.07, 6.45) is 0. The molecule has 0 fully saturated rings. The van der Waals surface area contributed by atoms with Gasteiger partial charge in [-0.15, -0.1) is 0 Å². The lowest BCUT2D eigenvalue weighted by Crippen LogP contribution is -2.26. The second-order valence-electron chi connectivity index (χ2n) is 3.96. The fraction of sp³-hybridized carbons (Fsp3) is 0.417. The first kappa shape index (κ1) is 15.2. The van der Waals surface area contributed by atoms with E-state index in [2.05, 4.69) is 5.32 Å². The maximum absolute atomic E-state index is 12.0. The van der Waals surface area contributed by atoms with E-state index >= 15 is 0 Å². The number of hydrogen-bond acceptors (Lipinski definition) is 4. The molecule has 0 aromatic heterocycles. The predicted molar refractivity (Wildman–Crippen MR) is 74.9 cm³/mol. The first-order valence-corrected chi connectivity index (χ1v) is 6.27. The van der Waals surface area contributed by atoms with Crippen LogP contribution in [0.2, 0.25) is 5.02 Å². The third kappa shape index (κ3) is 3.35. The topological polar surface area (TPSA) is 75.5 Å². The first-order valence-electron chi connectivity index (χ1n) is 5.89. The Balaban J connectivity index is 3.32. The average molecular weight is 286 g/mol. The smallest absolute Gasteiger partial charge is 0.294 e. The second kappa shape index (κ2) is 6.38. The lowest BCUT2D eigenvalue weighted by molar-refractivity contribution is -0.384. The Morgan fingerprint density at radius 1 is 1.47 bits per heavy atom. The van der Waals surface area contributed by atoms with Gasteiger partial charge >= 0.3 is 0 Å². The highest BCUT2D eigenvalue weighted by Gasteiger charge is 2.22. The molecule has 6 nitrogen and oxygen atoms in total. The molecule has 1 aromatic carbocycles. The molecule has 0 saturated carbocycles. The SMILES string of the molecule is CCNc1c(Cl)cc(C(=O)N(C)CC)cc1[N+](=O)[O-]. The molecule has 0 heterocycles. The van der Waals surface area contributed by atoms with Gasteiger partial charge in [0.15, 0.2) is 0 Å². The van der Waals surface area contributed by atoms with Crippen molar-refractivity contribution < 1.29 is 9.72 Å². The van der Waals surface area contributed by atoms with Crippen molar-refractivity contribution in [2.75, 3.05) is 25.5 Å². The number of hydrogen-bond donors (Lipinski definition) is 1. The number of carbonyl (C=O) groups excluding carboxylic acids is 1. The highest BCUT2D eigenvalue weighted by Crippen LogP contribution is 2.34. The van der Waals surface area contributed by atoms with Crippen LogP contribution < -0.4 is 5.32 Å². The van der Waals surface area contributed by atoms with Gasteiger partial charge in [-0.3, -0.25) is 14.9 Å². The van der Waals surface area contributed by atoms with Crippen molar-refractivity contribution in [1.82, 2.24) is 4.90 Å². The standard InChI is InChI=1S/C12H16ClN3O3/c1-4-14-11-9(13)6-8(7-10(11)16(18)19)12(17)15(3)5-2/h6-7,14H,4-5H2,1-3H3. The Kier molecular flexibility index (Phi) is 5.11. The molecule has 1 rings (SSSR count). The Hall–Kier alpha value is -1.82. The normalized spacial score (nSPS) is 10.1. The maximum Gasteiger partial charge on any atom is 0.294 e. The van der Waals surface area contributed by atoms with Gasteiger partial charge in [-0.1, -0.05) is 11.6 Å². The fourth-order valence-electron chi connectivity index (χ4n) is 1.58. The fourth-order valence-corrected chi connectivity index (χ4v) is 1.86. The third-order valence-electron chi connectivity index (χ3n) is 2.69. The molecule has 1 N–H and O–H groups in total. The molecule has 0 spiro atoms. The molecule has 1 amide bonds. The molecule has 1 aromatic rings. The largest absolute Gasteiger partial charge is 0.379 e. The minimum Gasteiger partial charge on any atom is -0.379 e. The minimum atomic E-state index is -0.549. The number of amides is 1. The monoisotopic (exact) mass is 285 g/mol. The zero-order valence-electron chi connectivity index (χ0n) is 11.1. The van der Waals surface area contributed by atoms with E-state index < -0.39 is 4.92 Å². The van der Waals surface area contributed by atoms with Gasteiger partial charge in [-0.05, 0) is 19.9 Å². The molecule has 19 heavy (non-hydrogen) atoms. The number of anilines is 1. The Morgan fingerprint density at radius 3 is 2.58 bits per heavy atom. The Bertz CT molecular complexity index is 505. The summed E-state index contributed by atoms with van der Waals surface area (Å²) in [4.78, 5) is 24.0. The molecule has 104 valence electrons. The molecular weight excluding hydrogens is 270 g/mol. The highest BCUT2D eigenvalue weighted by molar-refractivity contribution is 6.34. The molecule has 0 aliphatic rings. The average Bonchev–Trinajstić information content (AvgIpc) is 2.38. The summed E-state index contributed by atoms with van der Waals surface area (Å²) in [6, 6.07) is 2.69. The van der Waals surface area contributed by atoms with Crippen molar-refractivity contribution in [2.45, 2.75) is 13.8 Å². The van der Waals surface area contributed by atoms with Gasteiger partial charge < -0.3 is 10.2 Å². The summed E-state index contributed by atoms with van der Waals surface area (Å²) in [5, 5.41) is 14.1. The summed E-state index contributed by atoms with van der Waals surface area (Å²) in [5.41, 5.74) is 0.259. The Morgan fingerprint density at radius 2 is 2.11 bits per heavy atom. The van der Waals surface area contributed by atoms with Gasteiger partial charge in [-0.2, -0.15) is 0 Å². The van der Waals surface area contributed by atoms with Crippen molar-refractivity contribution in [3.05, 3.63) is 32.8 Å². The number of carbonyl (C=O) groups is 1. The van der Waals surface area contributed by atoms with Crippen LogP contribution in [0.15, 0.2) is 12.1 Å². The quantitative estimate of drug-likeness (QED) is 0.667. The molecule has 0 bridgehead atoms. The molecule has 0 radical (unpaired) electrons. The van der Waals surface area contributed by atoms with E-state index in [0.717, 1.165) is 0 Å². The van der Waals surface area contributed by atoms with Crippen molar-refractivity contribution in [1.29, 1.82) is 0 Å². The molecule has 0 aliphatic heterocycles. The van der Waals surface area contributed by atoms with Crippen molar-refractivity contribution in [3.8, 4) is 0 Å². The number of nitrogens with one attached hydrogen (secondary N) is 1. The molecular formula is C12H16ClN3O3. The second-order valence-corrected chi connectivity index (χ2v) is 4.37. The van der Waals surface area contributed by atoms with Crippen LogP contribution in [0.4, 0.5) is 11.4 Å². The third-order valence-corrected chi connectivity index (χ3v) is 2.99. The van der Waals surface area contributed by atoms with Crippen LogP contribution in [0.3, 0.4) is 0 Å². The molecule has 0 saturated heterocycles. The highest BCUT2D eigenvalue weighted by atomic mass is 35.5. The number of benzene rings is 1. The van der Waals surface area contributed by atoms with Crippen molar-refractivity contribution in [2.24, 2.45) is 0 Å². The molecule has 0 aliphatic carbocycles. The van der Waals surface area contributed by atoms with E-state index in [-0.39, 0.29) is 27.9 Å². The van der Waals surface area contributed by atoms with Gasteiger partial charge in [0.2, 0.25) is 0 Å². The summed E-state index contributed by atoms with van der Waals surface area (Å²) < 4.78 is 0.